The van der Waals surface area contributed by atoms with Crippen molar-refractivity contribution < 1.29 is 19.0 Å². The Labute approximate surface area is 134 Å². The second kappa shape index (κ2) is 6.53. The number of rotatable bonds is 4. The Morgan fingerprint density at radius 3 is 2.29 bits per heavy atom. The Morgan fingerprint density at radius 2 is 1.81 bits per heavy atom. The zero-order chi connectivity index (χ0) is 15.6. The summed E-state index contributed by atoms with van der Waals surface area (Å²) in [5.41, 5.74) is 0.556. The van der Waals surface area contributed by atoms with Crippen LogP contribution in [0.15, 0.2) is 18.2 Å². The maximum absolute atomic E-state index is 12.0. The van der Waals surface area contributed by atoms with Crippen molar-refractivity contribution >= 4 is 29.2 Å². The third-order valence-corrected chi connectivity index (χ3v) is 4.41. The normalized spacial score (nSPS) is 24.0. The maximum atomic E-state index is 12.0. The van der Waals surface area contributed by atoms with E-state index in [4.69, 9.17) is 37.4 Å². The molecule has 1 fully saturated rings. The predicted octanol–water partition coefficient (Wildman–Crippen LogP) is 4.14. The van der Waals surface area contributed by atoms with Crippen LogP contribution >= 0.6 is 23.2 Å². The minimum absolute atomic E-state index is 0.438. The van der Waals surface area contributed by atoms with Crippen molar-refractivity contribution in [2.75, 3.05) is 7.11 Å². The van der Waals surface area contributed by atoms with Gasteiger partial charge in [0.05, 0.1) is 7.11 Å². The van der Waals surface area contributed by atoms with Gasteiger partial charge in [0.2, 0.25) is 0 Å². The van der Waals surface area contributed by atoms with Gasteiger partial charge in [-0.25, -0.2) is 4.79 Å². The second-order valence-corrected chi connectivity index (χ2v) is 5.67. The van der Waals surface area contributed by atoms with Gasteiger partial charge in [-0.05, 0) is 25.0 Å². The van der Waals surface area contributed by atoms with Gasteiger partial charge >= 0.3 is 5.97 Å². The molecule has 0 aliphatic carbocycles. The number of esters is 1. The summed E-state index contributed by atoms with van der Waals surface area (Å²) < 4.78 is 16.7. The van der Waals surface area contributed by atoms with E-state index in [-0.39, 0.29) is 0 Å². The smallest absolute Gasteiger partial charge is 0.338 e. The SMILES string of the molecule is CCC1(CC)O[C@H](c2c(Cl)cccc2Cl)[C@H](C(=O)OC)O1. The Kier molecular flexibility index (Phi) is 5.15. The van der Waals surface area contributed by atoms with Crippen LogP contribution in [0, 0.1) is 0 Å². The molecule has 116 valence electrons. The highest BCUT2D eigenvalue weighted by Crippen LogP contribution is 2.46. The van der Waals surface area contributed by atoms with Crippen LogP contribution in [0.4, 0.5) is 0 Å². The first-order valence-corrected chi connectivity index (χ1v) is 7.61. The molecule has 1 heterocycles. The highest BCUT2D eigenvalue weighted by molar-refractivity contribution is 6.36. The molecule has 21 heavy (non-hydrogen) atoms. The molecule has 0 saturated carbocycles. The summed E-state index contributed by atoms with van der Waals surface area (Å²) in [6.07, 6.45) is -0.351. The molecule has 0 unspecified atom stereocenters. The van der Waals surface area contributed by atoms with E-state index in [9.17, 15) is 4.79 Å². The third kappa shape index (κ3) is 3.04. The van der Waals surface area contributed by atoms with Crippen LogP contribution in [-0.2, 0) is 19.0 Å². The molecule has 0 bridgehead atoms. The number of hydrogen-bond acceptors (Lipinski definition) is 4. The van der Waals surface area contributed by atoms with E-state index in [0.29, 0.717) is 28.5 Å². The first-order chi connectivity index (χ1) is 9.98. The van der Waals surface area contributed by atoms with Crippen LogP contribution in [0.3, 0.4) is 0 Å². The molecule has 1 aliphatic rings. The molecule has 0 spiro atoms. The Balaban J connectivity index is 2.46. The average Bonchev–Trinajstić information content (AvgIpc) is 2.87. The van der Waals surface area contributed by atoms with E-state index in [0.717, 1.165) is 0 Å². The summed E-state index contributed by atoms with van der Waals surface area (Å²) in [7, 11) is 1.31. The third-order valence-electron chi connectivity index (χ3n) is 3.75. The summed E-state index contributed by atoms with van der Waals surface area (Å²) in [6.45, 7) is 3.88. The number of ether oxygens (including phenoxy) is 3. The molecular weight excluding hydrogens is 315 g/mol. The van der Waals surface area contributed by atoms with Crippen LogP contribution < -0.4 is 0 Å². The molecule has 1 aliphatic heterocycles. The number of carbonyl (C=O) groups excluding carboxylic acids is 1. The molecule has 0 radical (unpaired) electrons. The van der Waals surface area contributed by atoms with E-state index in [1.165, 1.54) is 7.11 Å². The zero-order valence-electron chi connectivity index (χ0n) is 12.2. The lowest BCUT2D eigenvalue weighted by molar-refractivity contribution is -0.187. The van der Waals surface area contributed by atoms with Crippen LogP contribution in [0.25, 0.3) is 0 Å². The van der Waals surface area contributed by atoms with Gasteiger partial charge in [0.25, 0.3) is 0 Å². The molecule has 0 amide bonds. The van der Waals surface area contributed by atoms with Crippen molar-refractivity contribution in [3.8, 4) is 0 Å². The van der Waals surface area contributed by atoms with Crippen molar-refractivity contribution in [3.05, 3.63) is 33.8 Å². The predicted molar refractivity (Wildman–Crippen MR) is 80.5 cm³/mol. The number of halogens is 2. The van der Waals surface area contributed by atoms with Gasteiger partial charge in [-0.15, -0.1) is 0 Å². The van der Waals surface area contributed by atoms with Gasteiger partial charge in [-0.1, -0.05) is 43.1 Å². The number of carbonyl (C=O) groups is 1. The molecule has 6 heteroatoms. The fourth-order valence-corrected chi connectivity index (χ4v) is 3.09. The second-order valence-electron chi connectivity index (χ2n) is 4.85. The molecule has 4 nitrogen and oxygen atoms in total. The molecule has 0 N–H and O–H groups in total. The molecule has 2 atom stereocenters. The highest BCUT2D eigenvalue weighted by Gasteiger charge is 2.50. The van der Waals surface area contributed by atoms with E-state index >= 15 is 0 Å². The average molecular weight is 333 g/mol. The standard InChI is InChI=1S/C15H18Cl2O4/c1-4-15(5-2)20-12(13(21-15)14(18)19-3)11-9(16)7-6-8-10(11)17/h6-8,12-13H,4-5H2,1-3H3/t12-,13-/m1/s1. The molecule has 1 aromatic carbocycles. The molecular formula is C15H18Cl2O4. The van der Waals surface area contributed by atoms with Gasteiger partial charge in [-0.2, -0.15) is 0 Å². The molecule has 0 aromatic heterocycles. The van der Waals surface area contributed by atoms with Gasteiger partial charge in [0.15, 0.2) is 11.9 Å². The highest BCUT2D eigenvalue weighted by atomic mass is 35.5. The minimum atomic E-state index is -0.882. The van der Waals surface area contributed by atoms with Gasteiger partial charge in [0.1, 0.15) is 6.10 Å². The summed E-state index contributed by atoms with van der Waals surface area (Å²) in [6, 6.07) is 5.15. The van der Waals surface area contributed by atoms with Crippen LogP contribution in [0.2, 0.25) is 10.0 Å². The Hall–Kier alpha value is -0.810. The topological polar surface area (TPSA) is 44.8 Å². The van der Waals surface area contributed by atoms with E-state index in [1.807, 2.05) is 13.8 Å². The van der Waals surface area contributed by atoms with E-state index in [1.54, 1.807) is 18.2 Å². The van der Waals surface area contributed by atoms with Crippen molar-refractivity contribution in [1.29, 1.82) is 0 Å². The van der Waals surface area contributed by atoms with Crippen LogP contribution in [0.5, 0.6) is 0 Å². The Morgan fingerprint density at radius 1 is 1.24 bits per heavy atom. The van der Waals surface area contributed by atoms with Crippen LogP contribution in [-0.4, -0.2) is 25.0 Å². The lowest BCUT2D eigenvalue weighted by atomic mass is 10.0. The largest absolute Gasteiger partial charge is 0.467 e. The van der Waals surface area contributed by atoms with Crippen molar-refractivity contribution in [2.24, 2.45) is 0 Å². The number of hydrogen-bond donors (Lipinski definition) is 0. The fraction of sp³-hybridized carbons (Fsp3) is 0.533. The fourth-order valence-electron chi connectivity index (χ4n) is 2.48. The Bertz CT molecular complexity index is 508. The number of methoxy groups -OCH3 is 1. The van der Waals surface area contributed by atoms with Crippen molar-refractivity contribution in [2.45, 2.75) is 44.7 Å². The molecule has 1 aromatic rings. The first-order valence-electron chi connectivity index (χ1n) is 6.85. The van der Waals surface area contributed by atoms with Crippen molar-refractivity contribution in [1.82, 2.24) is 0 Å². The minimum Gasteiger partial charge on any atom is -0.467 e. The summed E-state index contributed by atoms with van der Waals surface area (Å²) in [4.78, 5) is 12.0. The summed E-state index contributed by atoms with van der Waals surface area (Å²) in [5, 5.41) is 0.876. The number of benzene rings is 1. The summed E-state index contributed by atoms with van der Waals surface area (Å²) >= 11 is 12.5. The monoisotopic (exact) mass is 332 g/mol. The molecule has 1 saturated heterocycles. The van der Waals surface area contributed by atoms with Gasteiger partial charge in [-0.3, -0.25) is 0 Å². The quantitative estimate of drug-likeness (QED) is 0.777. The van der Waals surface area contributed by atoms with E-state index < -0.39 is 24.0 Å². The lowest BCUT2D eigenvalue weighted by Crippen LogP contribution is -2.32. The first kappa shape index (κ1) is 16.6. The lowest BCUT2D eigenvalue weighted by Gasteiger charge is -2.25. The zero-order valence-corrected chi connectivity index (χ0v) is 13.7. The molecule has 2 rings (SSSR count). The maximum Gasteiger partial charge on any atom is 0.338 e. The van der Waals surface area contributed by atoms with Gasteiger partial charge in [0, 0.05) is 15.6 Å². The van der Waals surface area contributed by atoms with Gasteiger partial charge < -0.3 is 14.2 Å². The van der Waals surface area contributed by atoms with Crippen molar-refractivity contribution in [3.63, 3.8) is 0 Å². The summed E-state index contributed by atoms with van der Waals surface area (Å²) in [5.74, 6) is -1.33. The van der Waals surface area contributed by atoms with E-state index in [2.05, 4.69) is 0 Å². The van der Waals surface area contributed by atoms with Crippen LogP contribution in [0.1, 0.15) is 38.4 Å².